The molecule has 0 spiro atoms. The molecule has 1 heterocycles. The topological polar surface area (TPSA) is 79.5 Å². The molecule has 1 atom stereocenters. The Morgan fingerprint density at radius 2 is 1.88 bits per heavy atom. The molecule has 1 aromatic heterocycles. The number of thiocarbonyl (C=S) groups is 1. The Kier molecular flexibility index (Phi) is 6.91. The van der Waals surface area contributed by atoms with Crippen molar-refractivity contribution >= 4 is 40.5 Å². The zero-order chi connectivity index (χ0) is 18.2. The average Bonchev–Trinajstić information content (AvgIpc) is 3.14. The van der Waals surface area contributed by atoms with Crippen LogP contribution in [0.5, 0.6) is 5.75 Å². The van der Waals surface area contributed by atoms with Crippen molar-refractivity contribution in [2.24, 2.45) is 0 Å². The number of carbonyl (C=O) groups is 2. The van der Waals surface area contributed by atoms with Crippen LogP contribution in [0.2, 0.25) is 0 Å². The molecule has 2 amide bonds. The molecule has 0 aliphatic heterocycles. The number of hydrogen-bond acceptors (Lipinski definition) is 5. The molecule has 0 aliphatic carbocycles. The van der Waals surface area contributed by atoms with Gasteiger partial charge in [-0.15, -0.1) is 11.3 Å². The molecule has 1 aromatic carbocycles. The molecule has 0 unspecified atom stereocenters. The number of hydrazine groups is 1. The Morgan fingerprint density at radius 3 is 2.48 bits per heavy atom. The maximum atomic E-state index is 12.1. The van der Waals surface area contributed by atoms with Gasteiger partial charge in [0.25, 0.3) is 11.8 Å². The summed E-state index contributed by atoms with van der Waals surface area (Å²) in [4.78, 5) is 24.4. The third-order valence-electron chi connectivity index (χ3n) is 3.29. The van der Waals surface area contributed by atoms with Gasteiger partial charge in [0.15, 0.2) is 5.11 Å². The first-order valence-electron chi connectivity index (χ1n) is 7.71. The summed E-state index contributed by atoms with van der Waals surface area (Å²) in [7, 11) is 0. The van der Waals surface area contributed by atoms with Crippen molar-refractivity contribution in [2.75, 3.05) is 0 Å². The number of benzene rings is 1. The predicted octanol–water partition coefficient (Wildman–Crippen LogP) is 2.87. The van der Waals surface area contributed by atoms with E-state index in [1.165, 1.54) is 11.3 Å². The van der Waals surface area contributed by atoms with Crippen molar-refractivity contribution in [3.8, 4) is 5.75 Å². The molecule has 0 bridgehead atoms. The molecule has 8 heteroatoms. The van der Waals surface area contributed by atoms with Gasteiger partial charge in [-0.1, -0.05) is 13.0 Å². The van der Waals surface area contributed by atoms with E-state index in [1.807, 2.05) is 13.8 Å². The highest BCUT2D eigenvalue weighted by Gasteiger charge is 2.10. The summed E-state index contributed by atoms with van der Waals surface area (Å²) in [5, 5.41) is 4.30. The second-order valence-electron chi connectivity index (χ2n) is 5.20. The van der Waals surface area contributed by atoms with Crippen molar-refractivity contribution in [1.82, 2.24) is 16.2 Å². The number of amides is 2. The molecular formula is C17H19N3O3S2. The van der Waals surface area contributed by atoms with Crippen LogP contribution < -0.4 is 20.9 Å². The van der Waals surface area contributed by atoms with E-state index in [-0.39, 0.29) is 23.0 Å². The molecule has 6 nitrogen and oxygen atoms in total. The molecule has 0 fully saturated rings. The molecule has 132 valence electrons. The van der Waals surface area contributed by atoms with Gasteiger partial charge in [0, 0.05) is 5.56 Å². The van der Waals surface area contributed by atoms with Crippen LogP contribution in [0.1, 0.15) is 40.3 Å². The van der Waals surface area contributed by atoms with E-state index in [0.29, 0.717) is 16.2 Å². The normalized spacial score (nSPS) is 11.3. The van der Waals surface area contributed by atoms with E-state index in [0.717, 1.165) is 6.42 Å². The van der Waals surface area contributed by atoms with Crippen LogP contribution in [0.4, 0.5) is 0 Å². The molecule has 0 radical (unpaired) electrons. The van der Waals surface area contributed by atoms with Crippen LogP contribution in [0, 0.1) is 0 Å². The van der Waals surface area contributed by atoms with E-state index >= 15 is 0 Å². The summed E-state index contributed by atoms with van der Waals surface area (Å²) in [6.45, 7) is 4.02. The third kappa shape index (κ3) is 5.84. The maximum Gasteiger partial charge on any atom is 0.279 e. The number of ether oxygens (including phenoxy) is 1. The zero-order valence-corrected chi connectivity index (χ0v) is 15.5. The van der Waals surface area contributed by atoms with Gasteiger partial charge in [0.05, 0.1) is 11.0 Å². The summed E-state index contributed by atoms with van der Waals surface area (Å²) in [5.74, 6) is 0.00548. The monoisotopic (exact) mass is 377 g/mol. The minimum Gasteiger partial charge on any atom is -0.491 e. The van der Waals surface area contributed by atoms with Gasteiger partial charge in [-0.25, -0.2) is 0 Å². The molecular weight excluding hydrogens is 358 g/mol. The van der Waals surface area contributed by atoms with Crippen LogP contribution in [-0.4, -0.2) is 23.0 Å². The van der Waals surface area contributed by atoms with Crippen molar-refractivity contribution < 1.29 is 14.3 Å². The fraction of sp³-hybridized carbons (Fsp3) is 0.235. The summed E-state index contributed by atoms with van der Waals surface area (Å²) in [6.07, 6.45) is 1.02. The highest BCUT2D eigenvalue weighted by molar-refractivity contribution is 7.80. The van der Waals surface area contributed by atoms with E-state index in [1.54, 1.807) is 41.8 Å². The van der Waals surface area contributed by atoms with Gasteiger partial charge >= 0.3 is 0 Å². The van der Waals surface area contributed by atoms with Crippen molar-refractivity contribution in [3.63, 3.8) is 0 Å². The highest BCUT2D eigenvalue weighted by Crippen LogP contribution is 2.14. The SMILES string of the molecule is CC[C@@H](C)Oc1ccc(C(=O)NC(=S)NNC(=O)c2cccs2)cc1. The molecule has 0 saturated heterocycles. The second kappa shape index (κ2) is 9.14. The quantitative estimate of drug-likeness (QED) is 0.552. The van der Waals surface area contributed by atoms with Gasteiger partial charge in [-0.3, -0.25) is 25.8 Å². The molecule has 0 saturated carbocycles. The Bertz CT molecular complexity index is 730. The summed E-state index contributed by atoms with van der Waals surface area (Å²) < 4.78 is 5.66. The van der Waals surface area contributed by atoms with Gasteiger partial charge in [0.1, 0.15) is 5.75 Å². The van der Waals surface area contributed by atoms with E-state index in [9.17, 15) is 9.59 Å². The smallest absolute Gasteiger partial charge is 0.279 e. The Labute approximate surface area is 155 Å². The highest BCUT2D eigenvalue weighted by atomic mass is 32.1. The van der Waals surface area contributed by atoms with Crippen LogP contribution in [0.25, 0.3) is 0 Å². The summed E-state index contributed by atoms with van der Waals surface area (Å²) >= 11 is 6.30. The molecule has 0 aliphatic rings. The van der Waals surface area contributed by atoms with E-state index in [2.05, 4.69) is 16.2 Å². The molecule has 2 aromatic rings. The minimum atomic E-state index is -0.377. The minimum absolute atomic E-state index is 0.00911. The summed E-state index contributed by atoms with van der Waals surface area (Å²) in [6, 6.07) is 10.2. The van der Waals surface area contributed by atoms with E-state index < -0.39 is 0 Å². The first kappa shape index (κ1) is 18.9. The van der Waals surface area contributed by atoms with Gasteiger partial charge < -0.3 is 4.74 Å². The Morgan fingerprint density at radius 1 is 1.16 bits per heavy atom. The molecule has 3 N–H and O–H groups in total. The molecule has 25 heavy (non-hydrogen) atoms. The lowest BCUT2D eigenvalue weighted by atomic mass is 10.2. The first-order chi connectivity index (χ1) is 12.0. The number of thiophene rings is 1. The lowest BCUT2D eigenvalue weighted by Gasteiger charge is -2.13. The fourth-order valence-electron chi connectivity index (χ4n) is 1.79. The van der Waals surface area contributed by atoms with Crippen LogP contribution in [0.15, 0.2) is 41.8 Å². The van der Waals surface area contributed by atoms with Crippen molar-refractivity contribution in [1.29, 1.82) is 0 Å². The number of hydrogen-bond donors (Lipinski definition) is 3. The molecule has 2 rings (SSSR count). The lowest BCUT2D eigenvalue weighted by Crippen LogP contribution is -2.48. The van der Waals surface area contributed by atoms with Crippen molar-refractivity contribution in [2.45, 2.75) is 26.4 Å². The van der Waals surface area contributed by atoms with Gasteiger partial charge in [-0.2, -0.15) is 0 Å². The largest absolute Gasteiger partial charge is 0.491 e. The fourth-order valence-corrected chi connectivity index (χ4v) is 2.55. The van der Waals surface area contributed by atoms with Gasteiger partial charge in [0.2, 0.25) is 0 Å². The maximum absolute atomic E-state index is 12.1. The zero-order valence-electron chi connectivity index (χ0n) is 13.9. The average molecular weight is 377 g/mol. The van der Waals surface area contributed by atoms with E-state index in [4.69, 9.17) is 17.0 Å². The Hall–Kier alpha value is -2.45. The third-order valence-corrected chi connectivity index (χ3v) is 4.36. The summed E-state index contributed by atoms with van der Waals surface area (Å²) in [5.41, 5.74) is 5.36. The standard InChI is InChI=1S/C17H19N3O3S2/c1-3-11(2)23-13-8-6-12(7-9-13)15(21)18-17(24)20-19-16(22)14-5-4-10-25-14/h4-11H,3H2,1-2H3,(H,19,22)(H2,18,20,21,24)/t11-/m1/s1. The number of rotatable bonds is 5. The Balaban J connectivity index is 1.82. The lowest BCUT2D eigenvalue weighted by molar-refractivity contribution is 0.0938. The number of carbonyl (C=O) groups excluding carboxylic acids is 2. The second-order valence-corrected chi connectivity index (χ2v) is 6.56. The van der Waals surface area contributed by atoms with Crippen LogP contribution in [-0.2, 0) is 0 Å². The first-order valence-corrected chi connectivity index (χ1v) is 9.00. The van der Waals surface area contributed by atoms with Crippen LogP contribution >= 0.6 is 23.6 Å². The number of nitrogens with one attached hydrogen (secondary N) is 3. The van der Waals surface area contributed by atoms with Crippen molar-refractivity contribution in [3.05, 3.63) is 52.2 Å². The van der Waals surface area contributed by atoms with Gasteiger partial charge in [-0.05, 0) is 61.3 Å². The predicted molar refractivity (Wildman–Crippen MR) is 102 cm³/mol. The van der Waals surface area contributed by atoms with Crippen LogP contribution in [0.3, 0.4) is 0 Å².